The van der Waals surface area contributed by atoms with Gasteiger partial charge in [0.2, 0.25) is 0 Å². The molecule has 6 heteroatoms. The molecular weight excluding hydrogens is 314 g/mol. The zero-order chi connectivity index (χ0) is 17.8. The highest BCUT2D eigenvalue weighted by Crippen LogP contribution is 2.18. The van der Waals surface area contributed by atoms with Crippen molar-refractivity contribution in [3.05, 3.63) is 66.0 Å². The maximum absolute atomic E-state index is 12.7. The third kappa shape index (κ3) is 3.63. The maximum Gasteiger partial charge on any atom is 0.255 e. The first kappa shape index (κ1) is 17.0. The third-order valence-corrected chi connectivity index (χ3v) is 4.12. The second kappa shape index (κ2) is 7.34. The lowest BCUT2D eigenvalue weighted by Crippen LogP contribution is -2.24. The first-order valence-corrected chi connectivity index (χ1v) is 8.52. The summed E-state index contributed by atoms with van der Waals surface area (Å²) in [6.45, 7) is 7.31. The Hall–Kier alpha value is -2.89. The Morgan fingerprint density at radius 2 is 2.08 bits per heavy atom. The minimum absolute atomic E-state index is 0.0937. The van der Waals surface area contributed by atoms with Gasteiger partial charge < -0.3 is 9.88 Å². The molecule has 0 saturated heterocycles. The van der Waals surface area contributed by atoms with Crippen LogP contribution in [0.25, 0.3) is 5.69 Å². The monoisotopic (exact) mass is 337 g/mol. The molecule has 2 heterocycles. The first-order chi connectivity index (χ1) is 12.1. The maximum atomic E-state index is 12.7. The van der Waals surface area contributed by atoms with Gasteiger partial charge in [0.05, 0.1) is 23.3 Å². The quantitative estimate of drug-likeness (QED) is 0.751. The molecule has 2 aromatic heterocycles. The van der Waals surface area contributed by atoms with Crippen LogP contribution in [0.2, 0.25) is 0 Å². The van der Waals surface area contributed by atoms with Crippen molar-refractivity contribution in [2.45, 2.75) is 39.8 Å². The van der Waals surface area contributed by atoms with Crippen molar-refractivity contribution in [2.24, 2.45) is 0 Å². The molecule has 0 unspecified atom stereocenters. The van der Waals surface area contributed by atoms with E-state index in [2.05, 4.69) is 15.4 Å². The molecule has 1 aromatic carbocycles. The molecule has 6 nitrogen and oxygen atoms in total. The zero-order valence-corrected chi connectivity index (χ0v) is 14.8. The second-order valence-electron chi connectivity index (χ2n) is 6.22. The second-order valence-corrected chi connectivity index (χ2v) is 6.22. The van der Waals surface area contributed by atoms with Crippen molar-refractivity contribution in [1.29, 1.82) is 0 Å². The summed E-state index contributed by atoms with van der Waals surface area (Å²) in [5, 5.41) is 7.53. The van der Waals surface area contributed by atoms with Crippen molar-refractivity contribution in [2.75, 3.05) is 0 Å². The highest BCUT2D eigenvalue weighted by Gasteiger charge is 2.18. The fourth-order valence-electron chi connectivity index (χ4n) is 2.78. The van der Waals surface area contributed by atoms with E-state index in [4.69, 9.17) is 0 Å². The van der Waals surface area contributed by atoms with Crippen LogP contribution in [0.5, 0.6) is 0 Å². The summed E-state index contributed by atoms with van der Waals surface area (Å²) < 4.78 is 3.75. The van der Waals surface area contributed by atoms with Crippen LogP contribution in [-0.4, -0.2) is 25.2 Å². The van der Waals surface area contributed by atoms with Gasteiger partial charge in [-0.25, -0.2) is 4.98 Å². The zero-order valence-electron chi connectivity index (χ0n) is 14.8. The molecule has 1 N–H and O–H groups in total. The van der Waals surface area contributed by atoms with Gasteiger partial charge >= 0.3 is 0 Å². The molecule has 0 aliphatic heterocycles. The van der Waals surface area contributed by atoms with Gasteiger partial charge in [-0.15, -0.1) is 0 Å². The minimum Gasteiger partial charge on any atom is -0.348 e. The lowest BCUT2D eigenvalue weighted by atomic mass is 10.1. The van der Waals surface area contributed by atoms with Crippen LogP contribution in [-0.2, 0) is 13.1 Å². The normalized spacial score (nSPS) is 11.0. The SMILES string of the molecule is CCn1cc(C(=O)NCc2ccccc2-n2ccnc2)c(C(C)C)n1. The summed E-state index contributed by atoms with van der Waals surface area (Å²) in [7, 11) is 0. The van der Waals surface area contributed by atoms with E-state index in [-0.39, 0.29) is 11.8 Å². The summed E-state index contributed by atoms with van der Waals surface area (Å²) in [5.74, 6) is 0.107. The predicted octanol–water partition coefficient (Wildman–Crippen LogP) is 3.14. The molecule has 25 heavy (non-hydrogen) atoms. The third-order valence-electron chi connectivity index (χ3n) is 4.12. The summed E-state index contributed by atoms with van der Waals surface area (Å²) in [5.41, 5.74) is 3.52. The van der Waals surface area contributed by atoms with Crippen LogP contribution in [0.3, 0.4) is 0 Å². The summed E-state index contributed by atoms with van der Waals surface area (Å²) in [6.07, 6.45) is 7.21. The lowest BCUT2D eigenvalue weighted by Gasteiger charge is -2.11. The molecule has 130 valence electrons. The fraction of sp³-hybridized carbons (Fsp3) is 0.316. The molecule has 0 aliphatic carbocycles. The number of benzene rings is 1. The van der Waals surface area contributed by atoms with Gasteiger partial charge in [0.25, 0.3) is 5.91 Å². The number of imidazole rings is 1. The number of para-hydroxylation sites is 1. The topological polar surface area (TPSA) is 64.7 Å². The molecule has 0 radical (unpaired) electrons. The van der Waals surface area contributed by atoms with Crippen LogP contribution in [0.15, 0.2) is 49.2 Å². The number of aryl methyl sites for hydroxylation is 1. The Kier molecular flexibility index (Phi) is 4.97. The smallest absolute Gasteiger partial charge is 0.255 e. The molecule has 0 spiro atoms. The average Bonchev–Trinajstić information content (AvgIpc) is 3.29. The number of nitrogens with zero attached hydrogens (tertiary/aromatic N) is 4. The molecule has 3 aromatic rings. The molecule has 0 bridgehead atoms. The first-order valence-electron chi connectivity index (χ1n) is 8.52. The predicted molar refractivity (Wildman–Crippen MR) is 96.7 cm³/mol. The molecule has 0 saturated carbocycles. The number of rotatable bonds is 6. The van der Waals surface area contributed by atoms with Gasteiger partial charge in [0.15, 0.2) is 0 Å². The van der Waals surface area contributed by atoms with E-state index < -0.39 is 0 Å². The van der Waals surface area contributed by atoms with Gasteiger partial charge in [0, 0.05) is 31.7 Å². The molecule has 0 atom stereocenters. The number of carbonyl (C=O) groups excluding carboxylic acids is 1. The van der Waals surface area contributed by atoms with E-state index in [0.29, 0.717) is 12.1 Å². The number of hydrogen-bond acceptors (Lipinski definition) is 3. The van der Waals surface area contributed by atoms with Crippen LogP contribution >= 0.6 is 0 Å². The van der Waals surface area contributed by atoms with Crippen molar-refractivity contribution in [3.8, 4) is 5.69 Å². The van der Waals surface area contributed by atoms with Crippen LogP contribution in [0.1, 0.15) is 48.3 Å². The molecule has 1 amide bonds. The Labute approximate surface area is 147 Å². The highest BCUT2D eigenvalue weighted by molar-refractivity contribution is 5.95. The summed E-state index contributed by atoms with van der Waals surface area (Å²) in [6, 6.07) is 7.96. The van der Waals surface area contributed by atoms with Crippen molar-refractivity contribution >= 4 is 5.91 Å². The number of hydrogen-bond donors (Lipinski definition) is 1. The highest BCUT2D eigenvalue weighted by atomic mass is 16.1. The Bertz CT molecular complexity index is 849. The van der Waals surface area contributed by atoms with Gasteiger partial charge in [-0.2, -0.15) is 5.10 Å². The molecule has 3 rings (SSSR count). The average molecular weight is 337 g/mol. The minimum atomic E-state index is -0.0937. The molecular formula is C19H23N5O. The van der Waals surface area contributed by atoms with Crippen LogP contribution in [0, 0.1) is 0 Å². The summed E-state index contributed by atoms with van der Waals surface area (Å²) >= 11 is 0. The number of nitrogens with one attached hydrogen (secondary N) is 1. The number of amides is 1. The molecule has 0 fully saturated rings. The summed E-state index contributed by atoms with van der Waals surface area (Å²) in [4.78, 5) is 16.8. The largest absolute Gasteiger partial charge is 0.348 e. The lowest BCUT2D eigenvalue weighted by molar-refractivity contribution is 0.0949. The Morgan fingerprint density at radius 1 is 1.28 bits per heavy atom. The molecule has 0 aliphatic rings. The van der Waals surface area contributed by atoms with E-state index in [0.717, 1.165) is 23.5 Å². The van der Waals surface area contributed by atoms with Gasteiger partial charge in [0.1, 0.15) is 0 Å². The van der Waals surface area contributed by atoms with Crippen LogP contribution < -0.4 is 5.32 Å². The van der Waals surface area contributed by atoms with Gasteiger partial charge in [-0.1, -0.05) is 32.0 Å². The Morgan fingerprint density at radius 3 is 2.76 bits per heavy atom. The van der Waals surface area contributed by atoms with E-state index >= 15 is 0 Å². The van der Waals surface area contributed by atoms with Crippen LogP contribution in [0.4, 0.5) is 0 Å². The fourth-order valence-corrected chi connectivity index (χ4v) is 2.78. The van der Waals surface area contributed by atoms with E-state index in [9.17, 15) is 4.79 Å². The van der Waals surface area contributed by atoms with Gasteiger partial charge in [-0.05, 0) is 24.5 Å². The Balaban J connectivity index is 1.79. The van der Waals surface area contributed by atoms with Crippen molar-refractivity contribution < 1.29 is 4.79 Å². The number of aromatic nitrogens is 4. The van der Waals surface area contributed by atoms with E-state index in [1.54, 1.807) is 12.5 Å². The standard InChI is InChI=1S/C19H23N5O/c1-4-24-12-16(18(22-24)14(2)3)19(25)21-11-15-7-5-6-8-17(15)23-10-9-20-13-23/h5-10,12-14H,4,11H2,1-3H3,(H,21,25). The van der Waals surface area contributed by atoms with Gasteiger partial charge in [-0.3, -0.25) is 9.48 Å². The van der Waals surface area contributed by atoms with E-state index in [1.807, 2.05) is 66.7 Å². The van der Waals surface area contributed by atoms with Crippen molar-refractivity contribution in [1.82, 2.24) is 24.6 Å². The van der Waals surface area contributed by atoms with Crippen molar-refractivity contribution in [3.63, 3.8) is 0 Å². The van der Waals surface area contributed by atoms with E-state index in [1.165, 1.54) is 0 Å². The number of carbonyl (C=O) groups is 1.